The van der Waals surface area contributed by atoms with E-state index in [1.807, 2.05) is 24.0 Å². The smallest absolute Gasteiger partial charge is 0.242 e. The number of benzene rings is 1. The zero-order valence-electron chi connectivity index (χ0n) is 13.3. The number of hydrogen-bond donors (Lipinski definition) is 1. The van der Waals surface area contributed by atoms with Crippen LogP contribution in [0.3, 0.4) is 0 Å². The first-order valence-electron chi connectivity index (χ1n) is 7.72. The Labute approximate surface area is 135 Å². The van der Waals surface area contributed by atoms with Gasteiger partial charge in [-0.3, -0.25) is 4.79 Å². The number of fused-ring (bicyclic) bond motifs is 1. The highest BCUT2D eigenvalue weighted by Gasteiger charge is 2.32. The van der Waals surface area contributed by atoms with Crippen LogP contribution >= 0.6 is 0 Å². The zero-order chi connectivity index (χ0) is 16.2. The SMILES string of the molecule is CCOc1cc(N2Cc3ccccc3C[C@H]2C(=O)NC)ncn1. The Morgan fingerprint density at radius 1 is 1.35 bits per heavy atom. The third kappa shape index (κ3) is 3.11. The Balaban J connectivity index is 1.97. The van der Waals surface area contributed by atoms with E-state index in [1.54, 1.807) is 13.1 Å². The highest BCUT2D eigenvalue weighted by Crippen LogP contribution is 2.28. The number of carbonyl (C=O) groups is 1. The number of carbonyl (C=O) groups excluding carboxylic acids is 1. The standard InChI is InChI=1S/C17H20N4O2/c1-3-23-16-9-15(19-11-20-16)21-10-13-7-5-4-6-12(13)8-14(21)17(22)18-2/h4-7,9,11,14H,3,8,10H2,1-2H3,(H,18,22)/t14-/m0/s1. The molecule has 0 saturated carbocycles. The minimum Gasteiger partial charge on any atom is -0.478 e. The quantitative estimate of drug-likeness (QED) is 0.928. The van der Waals surface area contributed by atoms with Crippen LogP contribution in [0.1, 0.15) is 18.1 Å². The van der Waals surface area contributed by atoms with Gasteiger partial charge in [-0.15, -0.1) is 0 Å². The van der Waals surface area contributed by atoms with Gasteiger partial charge >= 0.3 is 0 Å². The van der Waals surface area contributed by atoms with Gasteiger partial charge in [-0.1, -0.05) is 24.3 Å². The maximum atomic E-state index is 12.3. The maximum Gasteiger partial charge on any atom is 0.242 e. The van der Waals surface area contributed by atoms with Crippen LogP contribution in [0.25, 0.3) is 0 Å². The van der Waals surface area contributed by atoms with Crippen LogP contribution < -0.4 is 15.0 Å². The van der Waals surface area contributed by atoms with Crippen molar-refractivity contribution < 1.29 is 9.53 Å². The molecule has 0 fully saturated rings. The van der Waals surface area contributed by atoms with E-state index in [0.717, 1.165) is 0 Å². The van der Waals surface area contributed by atoms with E-state index in [4.69, 9.17) is 4.74 Å². The molecular formula is C17H20N4O2. The fourth-order valence-corrected chi connectivity index (χ4v) is 2.88. The zero-order valence-corrected chi connectivity index (χ0v) is 13.3. The second kappa shape index (κ2) is 6.64. The molecule has 0 spiro atoms. The summed E-state index contributed by atoms with van der Waals surface area (Å²) >= 11 is 0. The molecule has 2 heterocycles. The average Bonchev–Trinajstić information content (AvgIpc) is 2.60. The summed E-state index contributed by atoms with van der Waals surface area (Å²) in [6.07, 6.45) is 2.13. The lowest BCUT2D eigenvalue weighted by atomic mass is 9.93. The molecule has 0 bridgehead atoms. The molecule has 0 saturated heterocycles. The maximum absolute atomic E-state index is 12.3. The summed E-state index contributed by atoms with van der Waals surface area (Å²) < 4.78 is 5.45. The molecule has 1 aliphatic rings. The van der Waals surface area contributed by atoms with Gasteiger partial charge in [-0.25, -0.2) is 9.97 Å². The molecule has 1 N–H and O–H groups in total. The number of anilines is 1. The Kier molecular flexibility index (Phi) is 4.41. The number of nitrogens with one attached hydrogen (secondary N) is 1. The first-order valence-corrected chi connectivity index (χ1v) is 7.72. The fourth-order valence-electron chi connectivity index (χ4n) is 2.88. The van der Waals surface area contributed by atoms with Crippen molar-refractivity contribution in [3.8, 4) is 5.88 Å². The molecule has 1 amide bonds. The summed E-state index contributed by atoms with van der Waals surface area (Å²) in [6.45, 7) is 3.08. The Morgan fingerprint density at radius 2 is 2.13 bits per heavy atom. The normalized spacial score (nSPS) is 16.6. The minimum absolute atomic E-state index is 0.0175. The monoisotopic (exact) mass is 312 g/mol. The molecule has 2 aromatic rings. The summed E-state index contributed by atoms with van der Waals surface area (Å²) in [7, 11) is 1.66. The van der Waals surface area contributed by atoms with Gasteiger partial charge in [0.1, 0.15) is 18.2 Å². The van der Waals surface area contributed by atoms with Crippen molar-refractivity contribution in [2.75, 3.05) is 18.6 Å². The molecule has 0 radical (unpaired) electrons. The van der Waals surface area contributed by atoms with Gasteiger partial charge in [0.25, 0.3) is 0 Å². The lowest BCUT2D eigenvalue weighted by Gasteiger charge is -2.36. The Bertz CT molecular complexity index is 704. The largest absolute Gasteiger partial charge is 0.478 e. The van der Waals surface area contributed by atoms with Crippen molar-refractivity contribution in [2.24, 2.45) is 0 Å². The summed E-state index contributed by atoms with van der Waals surface area (Å²) in [5, 5.41) is 2.75. The van der Waals surface area contributed by atoms with Crippen LogP contribution in [0.5, 0.6) is 5.88 Å². The molecular weight excluding hydrogens is 292 g/mol. The number of aromatic nitrogens is 2. The number of likely N-dealkylation sites (N-methyl/N-ethyl adjacent to an activating group) is 1. The van der Waals surface area contributed by atoms with Gasteiger partial charge in [0.05, 0.1) is 6.61 Å². The topological polar surface area (TPSA) is 67.3 Å². The van der Waals surface area contributed by atoms with Crippen molar-refractivity contribution in [3.05, 3.63) is 47.8 Å². The number of hydrogen-bond acceptors (Lipinski definition) is 5. The number of amides is 1. The lowest BCUT2D eigenvalue weighted by Crippen LogP contribution is -2.50. The van der Waals surface area contributed by atoms with Crippen LogP contribution in [-0.4, -0.2) is 35.6 Å². The predicted molar refractivity (Wildman–Crippen MR) is 87.4 cm³/mol. The van der Waals surface area contributed by atoms with Gasteiger partial charge < -0.3 is 15.0 Å². The second-order valence-electron chi connectivity index (χ2n) is 5.38. The first kappa shape index (κ1) is 15.3. The predicted octanol–water partition coefficient (Wildman–Crippen LogP) is 1.55. The van der Waals surface area contributed by atoms with E-state index in [2.05, 4.69) is 27.4 Å². The van der Waals surface area contributed by atoms with Gasteiger partial charge in [0, 0.05) is 26.1 Å². The number of rotatable bonds is 4. The van der Waals surface area contributed by atoms with E-state index in [0.29, 0.717) is 31.3 Å². The van der Waals surface area contributed by atoms with Gasteiger partial charge in [0.15, 0.2) is 0 Å². The third-order valence-electron chi connectivity index (χ3n) is 4.01. The molecule has 3 rings (SSSR count). The average molecular weight is 312 g/mol. The van der Waals surface area contributed by atoms with Gasteiger partial charge in [-0.05, 0) is 18.1 Å². The van der Waals surface area contributed by atoms with E-state index >= 15 is 0 Å². The Morgan fingerprint density at radius 3 is 2.87 bits per heavy atom. The summed E-state index contributed by atoms with van der Waals surface area (Å²) in [5.74, 6) is 1.20. The van der Waals surface area contributed by atoms with E-state index in [-0.39, 0.29) is 11.9 Å². The second-order valence-corrected chi connectivity index (χ2v) is 5.38. The van der Waals surface area contributed by atoms with Gasteiger partial charge in [-0.2, -0.15) is 0 Å². The molecule has 0 aliphatic carbocycles. The van der Waals surface area contributed by atoms with Crippen molar-refractivity contribution >= 4 is 11.7 Å². The first-order chi connectivity index (χ1) is 11.2. The third-order valence-corrected chi connectivity index (χ3v) is 4.01. The fraction of sp³-hybridized carbons (Fsp3) is 0.353. The van der Waals surface area contributed by atoms with E-state index < -0.39 is 0 Å². The molecule has 1 atom stereocenters. The van der Waals surface area contributed by atoms with Crippen LogP contribution in [0.4, 0.5) is 5.82 Å². The van der Waals surface area contributed by atoms with Crippen LogP contribution in [-0.2, 0) is 17.8 Å². The molecule has 120 valence electrons. The molecule has 1 aliphatic heterocycles. The molecule has 23 heavy (non-hydrogen) atoms. The number of nitrogens with zero attached hydrogens (tertiary/aromatic N) is 3. The van der Waals surface area contributed by atoms with Crippen molar-refractivity contribution in [1.82, 2.24) is 15.3 Å². The minimum atomic E-state index is -0.292. The molecule has 6 heteroatoms. The summed E-state index contributed by atoms with van der Waals surface area (Å²) in [4.78, 5) is 22.8. The molecule has 6 nitrogen and oxygen atoms in total. The van der Waals surface area contributed by atoms with Crippen molar-refractivity contribution in [2.45, 2.75) is 25.9 Å². The highest BCUT2D eigenvalue weighted by atomic mass is 16.5. The van der Waals surface area contributed by atoms with E-state index in [1.165, 1.54) is 17.5 Å². The van der Waals surface area contributed by atoms with Crippen LogP contribution in [0, 0.1) is 0 Å². The summed E-state index contributed by atoms with van der Waals surface area (Å²) in [5.41, 5.74) is 2.42. The lowest BCUT2D eigenvalue weighted by molar-refractivity contribution is -0.122. The van der Waals surface area contributed by atoms with Crippen molar-refractivity contribution in [3.63, 3.8) is 0 Å². The van der Waals surface area contributed by atoms with Gasteiger partial charge in [0.2, 0.25) is 11.8 Å². The summed E-state index contributed by atoms with van der Waals surface area (Å²) in [6, 6.07) is 9.68. The van der Waals surface area contributed by atoms with Crippen LogP contribution in [0.2, 0.25) is 0 Å². The van der Waals surface area contributed by atoms with Crippen molar-refractivity contribution in [1.29, 1.82) is 0 Å². The molecule has 1 aromatic carbocycles. The molecule has 1 aromatic heterocycles. The van der Waals surface area contributed by atoms with Crippen LogP contribution in [0.15, 0.2) is 36.7 Å². The van der Waals surface area contributed by atoms with E-state index in [9.17, 15) is 4.79 Å². The molecule has 0 unspecified atom stereocenters. The highest BCUT2D eigenvalue weighted by molar-refractivity contribution is 5.85. The number of ether oxygens (including phenoxy) is 1. The Hall–Kier alpha value is -2.63.